The van der Waals surface area contributed by atoms with Crippen molar-refractivity contribution in [3.05, 3.63) is 59.2 Å². The summed E-state index contributed by atoms with van der Waals surface area (Å²) in [6.07, 6.45) is 10.9. The Balaban J connectivity index is 1.54. The van der Waals surface area contributed by atoms with Crippen molar-refractivity contribution in [2.75, 3.05) is 0 Å². The molecule has 4 heteroatoms. The van der Waals surface area contributed by atoms with Crippen molar-refractivity contribution in [1.82, 2.24) is 0 Å². The fraction of sp³-hybridized carbons (Fsp3) is 0.385. The van der Waals surface area contributed by atoms with Crippen molar-refractivity contribution in [3.63, 3.8) is 0 Å². The Labute approximate surface area is 176 Å². The molecule has 2 aromatic carbocycles. The lowest BCUT2D eigenvalue weighted by molar-refractivity contribution is -0.131. The molecule has 4 aliphatic rings. The highest BCUT2D eigenvalue weighted by Crippen LogP contribution is 2.62. The normalized spacial score (nSPS) is 29.4. The number of aromatic hydroxyl groups is 1. The molecule has 0 aliphatic heterocycles. The summed E-state index contributed by atoms with van der Waals surface area (Å²) in [4.78, 5) is 22.5. The van der Waals surface area contributed by atoms with E-state index in [1.54, 1.807) is 12.1 Å². The minimum absolute atomic E-state index is 0.0698. The smallest absolute Gasteiger partial charge is 0.328 e. The van der Waals surface area contributed by atoms with Crippen molar-refractivity contribution in [2.45, 2.75) is 43.9 Å². The number of carboxylic acids is 1. The van der Waals surface area contributed by atoms with Gasteiger partial charge in [-0.05, 0) is 103 Å². The highest BCUT2D eigenvalue weighted by Gasteiger charge is 2.52. The maximum absolute atomic E-state index is 11.8. The maximum atomic E-state index is 11.8. The highest BCUT2D eigenvalue weighted by molar-refractivity contribution is 5.90. The van der Waals surface area contributed by atoms with Crippen LogP contribution in [-0.2, 0) is 10.2 Å². The fourth-order valence-corrected chi connectivity index (χ4v) is 6.78. The number of hydrogen-bond donors (Lipinski definition) is 2. The topological polar surface area (TPSA) is 74.6 Å². The molecule has 0 aromatic heterocycles. The molecule has 0 saturated heterocycles. The number of benzene rings is 2. The Kier molecular flexibility index (Phi) is 4.53. The second-order valence-electron chi connectivity index (χ2n) is 9.57. The molecule has 4 nitrogen and oxygen atoms in total. The van der Waals surface area contributed by atoms with E-state index in [1.165, 1.54) is 25.3 Å². The molecule has 0 heterocycles. The van der Waals surface area contributed by atoms with Gasteiger partial charge in [-0.1, -0.05) is 18.2 Å². The first kappa shape index (κ1) is 19.1. The summed E-state index contributed by atoms with van der Waals surface area (Å²) in [6.45, 7) is 0. The van der Waals surface area contributed by atoms with Crippen LogP contribution in [0.1, 0.15) is 60.0 Å². The van der Waals surface area contributed by atoms with Crippen molar-refractivity contribution >= 4 is 18.3 Å². The molecular formula is C26H26O4. The fourth-order valence-electron chi connectivity index (χ4n) is 6.78. The van der Waals surface area contributed by atoms with E-state index in [9.17, 15) is 14.7 Å². The molecule has 0 atom stereocenters. The van der Waals surface area contributed by atoms with Crippen molar-refractivity contribution in [2.24, 2.45) is 17.8 Å². The second-order valence-corrected chi connectivity index (χ2v) is 9.57. The minimum atomic E-state index is -1.02. The van der Waals surface area contributed by atoms with Crippen LogP contribution < -0.4 is 0 Å². The van der Waals surface area contributed by atoms with Gasteiger partial charge in [-0.15, -0.1) is 0 Å². The Bertz CT molecular complexity index is 1010. The molecular weight excluding hydrogens is 376 g/mol. The number of hydrogen-bond acceptors (Lipinski definition) is 3. The number of phenols is 1. The van der Waals surface area contributed by atoms with Crippen molar-refractivity contribution < 1.29 is 19.8 Å². The number of carboxylic acid groups (broad SMARTS) is 1. The van der Waals surface area contributed by atoms with Crippen LogP contribution >= 0.6 is 0 Å². The zero-order valence-electron chi connectivity index (χ0n) is 16.9. The summed E-state index contributed by atoms with van der Waals surface area (Å²) < 4.78 is 0. The van der Waals surface area contributed by atoms with Crippen molar-refractivity contribution in [1.29, 1.82) is 0 Å². The first-order valence-corrected chi connectivity index (χ1v) is 10.8. The van der Waals surface area contributed by atoms with Gasteiger partial charge in [-0.2, -0.15) is 0 Å². The van der Waals surface area contributed by atoms with E-state index < -0.39 is 5.97 Å². The highest BCUT2D eigenvalue weighted by atomic mass is 16.4. The standard InChI is InChI=1S/C26H26O4/c27-15-21-10-16(2-6-25(29)30)1-4-22(21)20-3-5-24(28)23(11-20)26-12-17-7-18(13-26)9-19(8-17)14-26/h1-6,10-11,15,17-19,28H,7-9,12-14H2,(H,29,30)/b6-2+. The van der Waals surface area contributed by atoms with Crippen LogP contribution in [0, 0.1) is 17.8 Å². The third-order valence-corrected chi connectivity index (χ3v) is 7.54. The predicted molar refractivity (Wildman–Crippen MR) is 115 cm³/mol. The molecule has 2 N–H and O–H groups in total. The molecule has 2 aromatic rings. The van der Waals surface area contributed by atoms with E-state index in [0.29, 0.717) is 16.9 Å². The third kappa shape index (κ3) is 3.24. The lowest BCUT2D eigenvalue weighted by atomic mass is 9.48. The lowest BCUT2D eigenvalue weighted by Gasteiger charge is -2.57. The molecule has 6 rings (SSSR count). The van der Waals surface area contributed by atoms with E-state index in [-0.39, 0.29) is 5.41 Å². The van der Waals surface area contributed by atoms with Crippen LogP contribution in [0.3, 0.4) is 0 Å². The quantitative estimate of drug-likeness (QED) is 0.516. The van der Waals surface area contributed by atoms with Gasteiger partial charge < -0.3 is 10.2 Å². The molecule has 0 amide bonds. The summed E-state index contributed by atoms with van der Waals surface area (Å²) in [5, 5.41) is 19.6. The minimum Gasteiger partial charge on any atom is -0.508 e. The predicted octanol–water partition coefficient (Wildman–Crippen LogP) is 5.44. The Morgan fingerprint density at radius 1 is 0.967 bits per heavy atom. The Morgan fingerprint density at radius 3 is 2.23 bits per heavy atom. The van der Waals surface area contributed by atoms with Gasteiger partial charge in [0, 0.05) is 17.2 Å². The first-order valence-electron chi connectivity index (χ1n) is 10.8. The molecule has 4 aliphatic carbocycles. The third-order valence-electron chi connectivity index (χ3n) is 7.54. The second kappa shape index (κ2) is 7.12. The molecule has 4 saturated carbocycles. The van der Waals surface area contributed by atoms with Gasteiger partial charge in [0.05, 0.1) is 0 Å². The average Bonchev–Trinajstić information content (AvgIpc) is 2.71. The summed E-state index contributed by atoms with van der Waals surface area (Å²) in [5.74, 6) is 1.69. The van der Waals surface area contributed by atoms with Gasteiger partial charge >= 0.3 is 5.97 Å². The van der Waals surface area contributed by atoms with E-state index in [4.69, 9.17) is 5.11 Å². The van der Waals surface area contributed by atoms with Crippen molar-refractivity contribution in [3.8, 4) is 16.9 Å². The molecule has 30 heavy (non-hydrogen) atoms. The van der Waals surface area contributed by atoms with Gasteiger partial charge in [0.15, 0.2) is 6.29 Å². The summed E-state index contributed by atoms with van der Waals surface area (Å²) in [7, 11) is 0. The van der Waals surface area contributed by atoms with Crippen LogP contribution in [0.25, 0.3) is 17.2 Å². The summed E-state index contributed by atoms with van der Waals surface area (Å²) in [6, 6.07) is 11.1. The summed E-state index contributed by atoms with van der Waals surface area (Å²) >= 11 is 0. The molecule has 4 fully saturated rings. The molecule has 0 unspecified atom stereocenters. The number of aldehydes is 1. The first-order chi connectivity index (χ1) is 14.5. The number of aliphatic carboxylic acids is 1. The van der Waals surface area contributed by atoms with E-state index >= 15 is 0 Å². The Hall–Kier alpha value is -2.88. The molecule has 0 spiro atoms. The van der Waals surface area contributed by atoms with Gasteiger partial charge in [0.25, 0.3) is 0 Å². The van der Waals surface area contributed by atoms with E-state index in [1.807, 2.05) is 18.2 Å². The maximum Gasteiger partial charge on any atom is 0.328 e. The number of carbonyl (C=O) groups excluding carboxylic acids is 1. The zero-order valence-corrected chi connectivity index (χ0v) is 16.9. The van der Waals surface area contributed by atoms with Gasteiger partial charge in [0.1, 0.15) is 5.75 Å². The molecule has 4 bridgehead atoms. The van der Waals surface area contributed by atoms with Crippen LogP contribution in [-0.4, -0.2) is 22.5 Å². The van der Waals surface area contributed by atoms with E-state index in [0.717, 1.165) is 66.1 Å². The molecule has 154 valence electrons. The molecule has 0 radical (unpaired) electrons. The largest absolute Gasteiger partial charge is 0.508 e. The number of rotatable bonds is 5. The van der Waals surface area contributed by atoms with Gasteiger partial charge in [-0.3, -0.25) is 4.79 Å². The Morgan fingerprint density at radius 2 is 1.63 bits per heavy atom. The zero-order chi connectivity index (χ0) is 20.9. The monoisotopic (exact) mass is 402 g/mol. The lowest BCUT2D eigenvalue weighted by Crippen LogP contribution is -2.48. The van der Waals surface area contributed by atoms with E-state index in [2.05, 4.69) is 6.07 Å². The van der Waals surface area contributed by atoms with Gasteiger partial charge in [-0.25, -0.2) is 4.79 Å². The summed E-state index contributed by atoms with van der Waals surface area (Å²) in [5.41, 5.74) is 4.04. The number of carbonyl (C=O) groups is 2. The van der Waals surface area contributed by atoms with Crippen LogP contribution in [0.4, 0.5) is 0 Å². The van der Waals surface area contributed by atoms with Crippen LogP contribution in [0.2, 0.25) is 0 Å². The van der Waals surface area contributed by atoms with Crippen LogP contribution in [0.5, 0.6) is 5.75 Å². The van der Waals surface area contributed by atoms with Crippen LogP contribution in [0.15, 0.2) is 42.5 Å². The van der Waals surface area contributed by atoms with Gasteiger partial charge in [0.2, 0.25) is 0 Å². The SMILES string of the molecule is O=Cc1cc(/C=C/C(=O)O)ccc1-c1ccc(O)c(C23CC4CC(CC(C4)C2)C3)c1. The number of phenolic OH excluding ortho intramolecular Hbond substituents is 1. The average molecular weight is 402 g/mol.